The molecule has 9 heteroatoms. The molecule has 0 aliphatic heterocycles. The molecular weight excluding hydrogens is 501 g/mol. The first-order valence-corrected chi connectivity index (χ1v) is 12.7. The Kier molecular flexibility index (Phi) is 7.26. The van der Waals surface area contributed by atoms with E-state index >= 15 is 0 Å². The SMILES string of the molecule is CN(Cc1ccc(-c2noc(-c3ccc(-c4ccccc4)c(F)c3)n2)cc1)C1CCC(C(=O)O)(C(=O)O)CC1. The summed E-state index contributed by atoms with van der Waals surface area (Å²) in [5.41, 5.74) is 1.89. The van der Waals surface area contributed by atoms with E-state index in [0.29, 0.717) is 36.3 Å². The summed E-state index contributed by atoms with van der Waals surface area (Å²) in [5.74, 6) is -2.27. The predicted octanol–water partition coefficient (Wildman–Crippen LogP) is 5.74. The molecule has 1 heterocycles. The van der Waals surface area contributed by atoms with Gasteiger partial charge in [-0.05, 0) is 56.0 Å². The third kappa shape index (κ3) is 5.31. The van der Waals surface area contributed by atoms with Crippen molar-refractivity contribution in [2.75, 3.05) is 7.05 Å². The van der Waals surface area contributed by atoms with E-state index in [1.165, 1.54) is 6.07 Å². The number of hydrogen-bond acceptors (Lipinski definition) is 6. The number of halogens is 1. The van der Waals surface area contributed by atoms with Crippen LogP contribution < -0.4 is 0 Å². The van der Waals surface area contributed by atoms with Crippen LogP contribution in [0.2, 0.25) is 0 Å². The highest BCUT2D eigenvalue weighted by molar-refractivity contribution is 5.98. The van der Waals surface area contributed by atoms with Crippen LogP contribution in [-0.4, -0.2) is 50.3 Å². The van der Waals surface area contributed by atoms with Crippen molar-refractivity contribution in [1.29, 1.82) is 0 Å². The van der Waals surface area contributed by atoms with Crippen LogP contribution in [0.3, 0.4) is 0 Å². The van der Waals surface area contributed by atoms with E-state index in [-0.39, 0.29) is 30.6 Å². The second kappa shape index (κ2) is 10.8. The Balaban J connectivity index is 1.23. The molecular formula is C30H28FN3O5. The number of nitrogens with zero attached hydrogens (tertiary/aromatic N) is 3. The third-order valence-corrected chi connectivity index (χ3v) is 7.62. The minimum Gasteiger partial charge on any atom is -0.480 e. The standard InChI is InChI=1S/C30H28FN3O5/c1-34(23-13-15-30(16-14-23,28(35)36)29(37)38)18-19-7-9-21(10-8-19)26-32-27(39-33-26)22-11-12-24(25(31)17-22)20-5-3-2-4-6-20/h2-12,17,23H,13-16,18H2,1H3,(H,35,36)(H,37,38). The number of rotatable bonds is 8. The molecule has 8 nitrogen and oxygen atoms in total. The van der Waals surface area contributed by atoms with Gasteiger partial charge in [0.1, 0.15) is 5.82 Å². The Hall–Kier alpha value is -4.37. The molecule has 0 bridgehead atoms. The van der Waals surface area contributed by atoms with Gasteiger partial charge in [0.2, 0.25) is 5.82 Å². The molecule has 3 aromatic carbocycles. The molecule has 0 radical (unpaired) electrons. The average molecular weight is 530 g/mol. The van der Waals surface area contributed by atoms with E-state index in [2.05, 4.69) is 15.0 Å². The third-order valence-electron chi connectivity index (χ3n) is 7.62. The molecule has 1 aliphatic rings. The topological polar surface area (TPSA) is 117 Å². The van der Waals surface area contributed by atoms with E-state index in [4.69, 9.17) is 4.52 Å². The van der Waals surface area contributed by atoms with E-state index in [9.17, 15) is 24.2 Å². The van der Waals surface area contributed by atoms with Crippen LogP contribution in [0.1, 0.15) is 31.2 Å². The lowest BCUT2D eigenvalue weighted by Gasteiger charge is -2.37. The predicted molar refractivity (Wildman–Crippen MR) is 142 cm³/mol. The lowest BCUT2D eigenvalue weighted by molar-refractivity contribution is -0.168. The Bertz CT molecular complexity index is 1460. The van der Waals surface area contributed by atoms with E-state index < -0.39 is 17.4 Å². The number of aliphatic carboxylic acids is 2. The number of hydrogen-bond donors (Lipinski definition) is 2. The van der Waals surface area contributed by atoms with Gasteiger partial charge in [-0.2, -0.15) is 4.98 Å². The van der Waals surface area contributed by atoms with E-state index in [0.717, 1.165) is 16.7 Å². The van der Waals surface area contributed by atoms with Gasteiger partial charge in [0.05, 0.1) is 0 Å². The van der Waals surface area contributed by atoms with Gasteiger partial charge in [0, 0.05) is 29.3 Å². The fourth-order valence-corrected chi connectivity index (χ4v) is 5.19. The minimum absolute atomic E-state index is 0.102. The number of carbonyl (C=O) groups is 2. The van der Waals surface area contributed by atoms with Crippen LogP contribution >= 0.6 is 0 Å². The van der Waals surface area contributed by atoms with E-state index in [1.807, 2.05) is 61.6 Å². The van der Waals surface area contributed by atoms with Gasteiger partial charge < -0.3 is 14.7 Å². The largest absolute Gasteiger partial charge is 0.480 e. The van der Waals surface area contributed by atoms with Gasteiger partial charge in [-0.1, -0.05) is 65.8 Å². The Morgan fingerprint density at radius 1 is 0.949 bits per heavy atom. The number of carboxylic acid groups (broad SMARTS) is 2. The van der Waals surface area contributed by atoms with Crippen LogP contribution in [0.5, 0.6) is 0 Å². The van der Waals surface area contributed by atoms with Crippen molar-refractivity contribution in [3.05, 3.63) is 84.2 Å². The van der Waals surface area contributed by atoms with Gasteiger partial charge in [0.15, 0.2) is 5.41 Å². The van der Waals surface area contributed by atoms with Crippen molar-refractivity contribution >= 4 is 11.9 Å². The molecule has 0 amide bonds. The maximum Gasteiger partial charge on any atom is 0.321 e. The van der Waals surface area contributed by atoms with E-state index in [1.54, 1.807) is 12.1 Å². The molecule has 39 heavy (non-hydrogen) atoms. The summed E-state index contributed by atoms with van der Waals surface area (Å²) in [6, 6.07) is 21.9. The molecule has 1 fully saturated rings. The maximum absolute atomic E-state index is 14.8. The Morgan fingerprint density at radius 3 is 2.21 bits per heavy atom. The van der Waals surface area contributed by atoms with Gasteiger partial charge in [-0.3, -0.25) is 14.5 Å². The Morgan fingerprint density at radius 2 is 1.59 bits per heavy atom. The monoisotopic (exact) mass is 529 g/mol. The van der Waals surface area contributed by atoms with Crippen LogP contribution in [0, 0.1) is 11.2 Å². The van der Waals surface area contributed by atoms with Crippen LogP contribution in [0.15, 0.2) is 77.3 Å². The molecule has 1 aliphatic carbocycles. The molecule has 0 saturated heterocycles. The first-order chi connectivity index (χ1) is 18.8. The highest BCUT2D eigenvalue weighted by Gasteiger charge is 2.49. The first kappa shape index (κ1) is 26.2. The summed E-state index contributed by atoms with van der Waals surface area (Å²) in [6.45, 7) is 0.628. The van der Waals surface area contributed by atoms with Crippen LogP contribution in [0.25, 0.3) is 34.0 Å². The molecule has 4 aromatic rings. The maximum atomic E-state index is 14.8. The van der Waals surface area contributed by atoms with Crippen molar-refractivity contribution in [3.63, 3.8) is 0 Å². The van der Waals surface area contributed by atoms with Crippen LogP contribution in [0.4, 0.5) is 4.39 Å². The summed E-state index contributed by atoms with van der Waals surface area (Å²) in [6.07, 6.45) is 1.24. The fourth-order valence-electron chi connectivity index (χ4n) is 5.19. The normalized spacial score (nSPS) is 15.4. The van der Waals surface area contributed by atoms with Crippen molar-refractivity contribution in [2.24, 2.45) is 5.41 Å². The van der Waals surface area contributed by atoms with Crippen LogP contribution in [-0.2, 0) is 16.1 Å². The smallest absolute Gasteiger partial charge is 0.321 e. The summed E-state index contributed by atoms with van der Waals surface area (Å²) in [5, 5.41) is 23.0. The Labute approximate surface area is 224 Å². The second-order valence-electron chi connectivity index (χ2n) is 10.0. The molecule has 0 atom stereocenters. The molecule has 200 valence electrons. The van der Waals surface area contributed by atoms with Crippen molar-refractivity contribution in [1.82, 2.24) is 15.0 Å². The zero-order chi connectivity index (χ0) is 27.6. The number of benzene rings is 3. The quantitative estimate of drug-likeness (QED) is 0.278. The molecule has 0 spiro atoms. The van der Waals surface area contributed by atoms with Crippen molar-refractivity contribution in [3.8, 4) is 34.0 Å². The zero-order valence-electron chi connectivity index (χ0n) is 21.4. The van der Waals surface area contributed by atoms with Gasteiger partial charge >= 0.3 is 11.9 Å². The van der Waals surface area contributed by atoms with Gasteiger partial charge in [-0.15, -0.1) is 0 Å². The van der Waals surface area contributed by atoms with Gasteiger partial charge in [0.25, 0.3) is 5.89 Å². The average Bonchev–Trinajstić information content (AvgIpc) is 3.44. The summed E-state index contributed by atoms with van der Waals surface area (Å²) < 4.78 is 20.2. The molecule has 5 rings (SSSR count). The number of carboxylic acids is 2. The first-order valence-electron chi connectivity index (χ1n) is 12.7. The summed E-state index contributed by atoms with van der Waals surface area (Å²) in [7, 11) is 1.96. The lowest BCUT2D eigenvalue weighted by Crippen LogP contribution is -2.46. The zero-order valence-corrected chi connectivity index (χ0v) is 21.4. The molecule has 0 unspecified atom stereocenters. The fraction of sp³-hybridized carbons (Fsp3) is 0.267. The minimum atomic E-state index is -1.68. The highest BCUT2D eigenvalue weighted by Crippen LogP contribution is 2.39. The number of aromatic nitrogens is 2. The van der Waals surface area contributed by atoms with Crippen molar-refractivity contribution < 1.29 is 28.7 Å². The second-order valence-corrected chi connectivity index (χ2v) is 10.0. The summed E-state index contributed by atoms with van der Waals surface area (Å²) >= 11 is 0. The molecule has 1 aromatic heterocycles. The molecule has 1 saturated carbocycles. The molecule has 2 N–H and O–H groups in total. The highest BCUT2D eigenvalue weighted by atomic mass is 19.1. The van der Waals surface area contributed by atoms with Gasteiger partial charge in [-0.25, -0.2) is 4.39 Å². The van der Waals surface area contributed by atoms with Crippen molar-refractivity contribution in [2.45, 2.75) is 38.3 Å². The lowest BCUT2D eigenvalue weighted by atomic mass is 9.72. The summed E-state index contributed by atoms with van der Waals surface area (Å²) in [4.78, 5) is 29.7.